The lowest BCUT2D eigenvalue weighted by Crippen LogP contribution is -2.15. The predicted octanol–water partition coefficient (Wildman–Crippen LogP) is 25.1. The molecule has 0 unspecified atom stereocenters. The first-order chi connectivity index (χ1) is 44.7. The van der Waals surface area contributed by atoms with Gasteiger partial charge in [-0.1, -0.05) is 178 Å². The Labute approximate surface area is 544 Å². The molecule has 0 amide bonds. The maximum atomic E-state index is 2.64. The SMILES string of the molecule is CCC(C)(C)c1cccc(-n2c3ccccc3c3ccc(N(c4ccc5c(c4)CCCC5)c4cc(C(C)C)c5ccc6c(N(c7ccc8c(c7)CCCC8)c7ccc8c9ccccc9n(-c9cccc(C(C)(C)CC)c9)c8c7)cc(C(C)C)c7ccc4c5c76)cc32)c1. The molecule has 2 aliphatic carbocycles. The second-order valence-corrected chi connectivity index (χ2v) is 29.0. The number of para-hydroxylation sites is 2. The average Bonchev–Trinajstić information content (AvgIpc) is 0.816. The lowest BCUT2D eigenvalue weighted by Gasteiger charge is -2.32. The molecule has 0 fully saturated rings. The fourth-order valence-corrected chi connectivity index (χ4v) is 16.2. The van der Waals surface area contributed by atoms with Crippen molar-refractivity contribution >= 4 is 110 Å². The third-order valence-electron chi connectivity index (χ3n) is 22.2. The molecule has 0 radical (unpaired) electrons. The fraction of sp³-hybridized carbons (Fsp3) is 0.273. The zero-order chi connectivity index (χ0) is 62.9. The van der Waals surface area contributed by atoms with Crippen LogP contribution in [0.25, 0.3) is 87.3 Å². The molecule has 0 bridgehead atoms. The first-order valence-corrected chi connectivity index (χ1v) is 34.6. The monoisotopic (exact) mass is 1200 g/mol. The van der Waals surface area contributed by atoms with Crippen LogP contribution in [0.4, 0.5) is 34.1 Å². The van der Waals surface area contributed by atoms with Gasteiger partial charge in [-0.2, -0.15) is 0 Å². The predicted molar refractivity (Wildman–Crippen MR) is 396 cm³/mol. The summed E-state index contributed by atoms with van der Waals surface area (Å²) in [6, 6.07) is 81.3. The average molecular weight is 1200 g/mol. The van der Waals surface area contributed by atoms with E-state index in [1.54, 1.807) is 0 Å². The summed E-state index contributed by atoms with van der Waals surface area (Å²) in [5.74, 6) is 0.494. The lowest BCUT2D eigenvalue weighted by molar-refractivity contribution is 0.506. The largest absolute Gasteiger partial charge is 0.310 e. The topological polar surface area (TPSA) is 16.3 Å². The second kappa shape index (κ2) is 22.3. The van der Waals surface area contributed by atoms with E-state index in [1.165, 1.54) is 180 Å². The van der Waals surface area contributed by atoms with Crippen LogP contribution in [0.3, 0.4) is 0 Å². The molecule has 458 valence electrons. The molecule has 0 N–H and O–H groups in total. The van der Waals surface area contributed by atoms with Crippen LogP contribution >= 0.6 is 0 Å². The van der Waals surface area contributed by atoms with Crippen molar-refractivity contribution < 1.29 is 0 Å². The molecule has 0 saturated carbocycles. The third kappa shape index (κ3) is 9.35. The van der Waals surface area contributed by atoms with Gasteiger partial charge in [0.1, 0.15) is 0 Å². The lowest BCUT2D eigenvalue weighted by atomic mass is 9.82. The first kappa shape index (κ1) is 58.0. The summed E-state index contributed by atoms with van der Waals surface area (Å²) in [4.78, 5) is 5.28. The first-order valence-electron chi connectivity index (χ1n) is 34.6. The summed E-state index contributed by atoms with van der Waals surface area (Å²) in [6.45, 7) is 23.7. The van der Waals surface area contributed by atoms with E-state index in [1.807, 2.05) is 0 Å². The van der Waals surface area contributed by atoms with Crippen molar-refractivity contribution in [1.29, 1.82) is 0 Å². The van der Waals surface area contributed by atoms with Gasteiger partial charge in [0.2, 0.25) is 0 Å². The van der Waals surface area contributed by atoms with E-state index in [-0.39, 0.29) is 22.7 Å². The molecule has 12 aromatic carbocycles. The van der Waals surface area contributed by atoms with Gasteiger partial charge in [0, 0.05) is 66.4 Å². The zero-order valence-corrected chi connectivity index (χ0v) is 55.6. The van der Waals surface area contributed by atoms with E-state index in [0.29, 0.717) is 0 Å². The normalized spacial score (nSPS) is 13.9. The Hall–Kier alpha value is -9.12. The molecule has 0 saturated heterocycles. The highest BCUT2D eigenvalue weighted by atomic mass is 15.2. The number of fused-ring (bicyclic) bond motifs is 8. The number of nitrogens with zero attached hydrogens (tertiary/aromatic N) is 4. The van der Waals surface area contributed by atoms with Crippen LogP contribution < -0.4 is 9.80 Å². The van der Waals surface area contributed by atoms with Crippen molar-refractivity contribution in [3.63, 3.8) is 0 Å². The Kier molecular flexibility index (Phi) is 14.1. The smallest absolute Gasteiger partial charge is 0.0561 e. The van der Waals surface area contributed by atoms with Gasteiger partial charge >= 0.3 is 0 Å². The number of hydrogen-bond donors (Lipinski definition) is 0. The van der Waals surface area contributed by atoms with Crippen LogP contribution in [0.5, 0.6) is 0 Å². The second-order valence-electron chi connectivity index (χ2n) is 29.0. The Balaban J connectivity index is 0.972. The van der Waals surface area contributed by atoms with Crippen molar-refractivity contribution in [3.05, 3.63) is 251 Å². The van der Waals surface area contributed by atoms with Crippen molar-refractivity contribution in [2.24, 2.45) is 0 Å². The minimum absolute atomic E-state index is 0.0400. The van der Waals surface area contributed by atoms with E-state index in [4.69, 9.17) is 0 Å². The van der Waals surface area contributed by atoms with E-state index in [0.717, 1.165) is 49.9 Å². The van der Waals surface area contributed by atoms with Crippen LogP contribution in [0.2, 0.25) is 0 Å². The van der Waals surface area contributed by atoms with Gasteiger partial charge in [-0.3, -0.25) is 0 Å². The van der Waals surface area contributed by atoms with Crippen LogP contribution in [-0.2, 0) is 36.5 Å². The molecule has 2 aromatic heterocycles. The maximum Gasteiger partial charge on any atom is 0.0561 e. The summed E-state index contributed by atoms with van der Waals surface area (Å²) in [5, 5.41) is 12.9. The highest BCUT2D eigenvalue weighted by molar-refractivity contribution is 6.30. The van der Waals surface area contributed by atoms with Crippen molar-refractivity contribution in [1.82, 2.24) is 9.13 Å². The summed E-state index contributed by atoms with van der Waals surface area (Å²) < 4.78 is 5.06. The minimum atomic E-state index is 0.0400. The van der Waals surface area contributed by atoms with Crippen molar-refractivity contribution in [2.75, 3.05) is 9.80 Å². The van der Waals surface area contributed by atoms with Crippen LogP contribution in [0.15, 0.2) is 206 Å². The highest BCUT2D eigenvalue weighted by Gasteiger charge is 2.30. The van der Waals surface area contributed by atoms with E-state index in [2.05, 4.69) is 294 Å². The van der Waals surface area contributed by atoms with E-state index >= 15 is 0 Å². The Bertz CT molecular complexity index is 4910. The molecule has 92 heavy (non-hydrogen) atoms. The molecule has 2 aliphatic rings. The number of aryl methyl sites for hydroxylation is 4. The van der Waals surface area contributed by atoms with Gasteiger partial charge in [-0.25, -0.2) is 0 Å². The molecule has 4 heteroatoms. The Morgan fingerprint density at radius 1 is 0.337 bits per heavy atom. The molecule has 0 spiro atoms. The maximum absolute atomic E-state index is 2.64. The van der Waals surface area contributed by atoms with Gasteiger partial charge in [0.05, 0.1) is 33.4 Å². The molecular weight excluding hydrogens is 1110 g/mol. The minimum Gasteiger partial charge on any atom is -0.310 e. The molecule has 2 heterocycles. The summed E-state index contributed by atoms with van der Waals surface area (Å²) >= 11 is 0. The van der Waals surface area contributed by atoms with Gasteiger partial charge < -0.3 is 18.9 Å². The van der Waals surface area contributed by atoms with Crippen molar-refractivity contribution in [2.45, 2.75) is 156 Å². The van der Waals surface area contributed by atoms with E-state index in [9.17, 15) is 0 Å². The zero-order valence-electron chi connectivity index (χ0n) is 55.6. The van der Waals surface area contributed by atoms with Crippen LogP contribution in [-0.4, -0.2) is 9.13 Å². The molecular formula is C88H86N4. The Morgan fingerprint density at radius 3 is 1.11 bits per heavy atom. The number of hydrogen-bond acceptors (Lipinski definition) is 2. The summed E-state index contributed by atoms with van der Waals surface area (Å²) in [5.41, 5.74) is 25.9. The highest BCUT2D eigenvalue weighted by Crippen LogP contribution is 2.53. The molecule has 0 atom stereocenters. The van der Waals surface area contributed by atoms with Gasteiger partial charge in [0.15, 0.2) is 0 Å². The number of anilines is 6. The molecule has 14 aromatic rings. The molecule has 4 nitrogen and oxygen atoms in total. The van der Waals surface area contributed by atoms with Gasteiger partial charge in [0.25, 0.3) is 0 Å². The number of aromatic nitrogens is 2. The van der Waals surface area contributed by atoms with Gasteiger partial charge in [-0.15, -0.1) is 0 Å². The third-order valence-corrected chi connectivity index (χ3v) is 22.2. The number of rotatable bonds is 14. The fourth-order valence-electron chi connectivity index (χ4n) is 16.2. The van der Waals surface area contributed by atoms with Crippen LogP contribution in [0.1, 0.15) is 164 Å². The van der Waals surface area contributed by atoms with E-state index < -0.39 is 0 Å². The summed E-state index contributed by atoms with van der Waals surface area (Å²) in [6.07, 6.45) is 11.5. The van der Waals surface area contributed by atoms with Crippen LogP contribution in [0, 0.1) is 0 Å². The Morgan fingerprint density at radius 2 is 0.696 bits per heavy atom. The standard InChI is InChI=1S/C88H86N4/c1-11-87(7,8)61-27-21-29-63(49-61)91-79-33-19-17-31-69(79)71-41-39-67(51-81(71)91)89(65-37-35-57-23-13-15-25-59(57)47-65)83-53-77(55(3)4)73-44-46-76-84(54-78(56(5)6)74-43-45-75(83)85(73)86(74)76)90(66-38-36-58-24-14-16-26-60(58)48-66)68-40-42-72-70-32-18-20-34-80(70)92(82(72)52-68)64-30-22-28-62(50-64)88(9,10)12-2/h17-22,27-56H,11-16,23-26H2,1-10H3. The van der Waals surface area contributed by atoms with Crippen molar-refractivity contribution in [3.8, 4) is 11.4 Å². The molecule has 16 rings (SSSR count). The molecule has 0 aliphatic heterocycles. The summed E-state index contributed by atoms with van der Waals surface area (Å²) in [7, 11) is 0. The van der Waals surface area contributed by atoms with Gasteiger partial charge in [-0.05, 0) is 250 Å². The number of benzene rings is 12. The quantitative estimate of drug-likeness (QED) is 0.101.